The van der Waals surface area contributed by atoms with Crippen LogP contribution in [0.25, 0.3) is 0 Å². The number of aliphatic imine (C=N–C) groups is 1. The van der Waals surface area contributed by atoms with Crippen molar-refractivity contribution >= 4 is 34.4 Å². The Morgan fingerprint density at radius 2 is 2.10 bits per heavy atom. The SMILES string of the molecule is CSCc1cccc(C(F)(F)F)c1N=C(NC#N)SC. The molecule has 0 saturated heterocycles. The molecule has 1 rings (SSSR count). The number of amidine groups is 1. The minimum atomic E-state index is -4.48. The Bertz CT molecular complexity index is 536. The monoisotopic (exact) mass is 319 g/mol. The van der Waals surface area contributed by atoms with Crippen molar-refractivity contribution in [2.45, 2.75) is 11.9 Å². The second kappa shape index (κ2) is 7.45. The van der Waals surface area contributed by atoms with E-state index in [2.05, 4.69) is 10.3 Å². The van der Waals surface area contributed by atoms with Crippen molar-refractivity contribution in [3.63, 3.8) is 0 Å². The lowest BCUT2D eigenvalue weighted by atomic mass is 10.1. The van der Waals surface area contributed by atoms with Crippen LogP contribution in [0.3, 0.4) is 0 Å². The second-order valence-electron chi connectivity index (χ2n) is 3.60. The van der Waals surface area contributed by atoms with Crippen LogP contribution in [0.1, 0.15) is 11.1 Å². The lowest BCUT2D eigenvalue weighted by molar-refractivity contribution is -0.137. The summed E-state index contributed by atoms with van der Waals surface area (Å²) >= 11 is 2.49. The van der Waals surface area contributed by atoms with Gasteiger partial charge in [0.05, 0.1) is 11.3 Å². The normalized spacial score (nSPS) is 12.1. The van der Waals surface area contributed by atoms with Crippen molar-refractivity contribution in [1.29, 1.82) is 5.26 Å². The number of hydrogen-bond acceptors (Lipinski definition) is 4. The van der Waals surface area contributed by atoms with Crippen LogP contribution >= 0.6 is 23.5 Å². The molecule has 0 aliphatic rings. The number of para-hydroxylation sites is 1. The lowest BCUT2D eigenvalue weighted by Gasteiger charge is -2.14. The molecule has 0 heterocycles. The third-order valence-corrected chi connectivity index (χ3v) is 3.47. The van der Waals surface area contributed by atoms with E-state index in [1.54, 1.807) is 24.8 Å². The summed E-state index contributed by atoms with van der Waals surface area (Å²) in [5, 5.41) is 11.0. The maximum atomic E-state index is 13.0. The summed E-state index contributed by atoms with van der Waals surface area (Å²) in [7, 11) is 0. The third kappa shape index (κ3) is 4.35. The largest absolute Gasteiger partial charge is 0.418 e. The zero-order valence-corrected chi connectivity index (χ0v) is 12.4. The smallest absolute Gasteiger partial charge is 0.271 e. The summed E-state index contributed by atoms with van der Waals surface area (Å²) in [6.07, 6.45) is 0.613. The molecule has 0 aliphatic heterocycles. The Hall–Kier alpha value is -1.33. The average molecular weight is 319 g/mol. The predicted octanol–water partition coefficient (Wildman–Crippen LogP) is 3.99. The number of alkyl halides is 3. The maximum absolute atomic E-state index is 13.0. The van der Waals surface area contributed by atoms with Crippen LogP contribution in [0.2, 0.25) is 0 Å². The van der Waals surface area contributed by atoms with E-state index in [1.165, 1.54) is 17.8 Å². The first kappa shape index (κ1) is 16.7. The van der Waals surface area contributed by atoms with Gasteiger partial charge in [-0.3, -0.25) is 5.32 Å². The molecular weight excluding hydrogens is 307 g/mol. The van der Waals surface area contributed by atoms with E-state index in [-0.39, 0.29) is 10.9 Å². The number of thioether (sulfide) groups is 2. The molecule has 20 heavy (non-hydrogen) atoms. The number of halogens is 3. The van der Waals surface area contributed by atoms with Crippen LogP contribution in [0, 0.1) is 11.5 Å². The molecular formula is C12H12F3N3S2. The quantitative estimate of drug-likeness (QED) is 0.396. The van der Waals surface area contributed by atoms with Crippen molar-refractivity contribution in [3.05, 3.63) is 29.3 Å². The van der Waals surface area contributed by atoms with Crippen molar-refractivity contribution in [1.82, 2.24) is 5.32 Å². The Labute approximate surface area is 123 Å². The standard InChI is InChI=1S/C12H12F3N3S2/c1-19-6-8-4-3-5-9(12(13,14)15)10(8)18-11(20-2)17-7-16/h3-5H,6H2,1-2H3,(H,17,18). The summed E-state index contributed by atoms with van der Waals surface area (Å²) in [4.78, 5) is 3.96. The topological polar surface area (TPSA) is 48.2 Å². The number of rotatable bonds is 3. The summed E-state index contributed by atoms with van der Waals surface area (Å²) < 4.78 is 39.1. The van der Waals surface area contributed by atoms with Gasteiger partial charge in [-0.25, -0.2) is 4.99 Å². The first-order chi connectivity index (χ1) is 9.43. The molecule has 8 heteroatoms. The Morgan fingerprint density at radius 1 is 1.40 bits per heavy atom. The first-order valence-electron chi connectivity index (χ1n) is 5.39. The fourth-order valence-corrected chi connectivity index (χ4v) is 2.37. The molecule has 0 saturated carbocycles. The zero-order valence-electron chi connectivity index (χ0n) is 10.8. The molecule has 0 bridgehead atoms. The predicted molar refractivity (Wildman–Crippen MR) is 78.0 cm³/mol. The van der Waals surface area contributed by atoms with Crippen LogP contribution in [0.15, 0.2) is 23.2 Å². The fourth-order valence-electron chi connectivity index (χ4n) is 1.50. The Kier molecular flexibility index (Phi) is 6.23. The molecule has 0 fully saturated rings. The van der Waals surface area contributed by atoms with Crippen LogP contribution in [-0.2, 0) is 11.9 Å². The molecule has 0 aliphatic carbocycles. The van der Waals surface area contributed by atoms with Gasteiger partial charge in [-0.15, -0.1) is 0 Å². The highest BCUT2D eigenvalue weighted by Crippen LogP contribution is 2.39. The van der Waals surface area contributed by atoms with Gasteiger partial charge >= 0.3 is 6.18 Å². The van der Waals surface area contributed by atoms with Gasteiger partial charge in [-0.2, -0.15) is 30.2 Å². The minimum Gasteiger partial charge on any atom is -0.271 e. The van der Waals surface area contributed by atoms with Gasteiger partial charge in [0.2, 0.25) is 0 Å². The Balaban J connectivity index is 3.43. The molecule has 0 atom stereocenters. The number of nitrogens with zero attached hydrogens (tertiary/aromatic N) is 2. The van der Waals surface area contributed by atoms with Crippen molar-refractivity contribution < 1.29 is 13.2 Å². The van der Waals surface area contributed by atoms with Gasteiger partial charge in [0.1, 0.15) is 0 Å². The molecule has 0 radical (unpaired) electrons. The maximum Gasteiger partial charge on any atom is 0.418 e. The third-order valence-electron chi connectivity index (χ3n) is 2.29. The van der Waals surface area contributed by atoms with E-state index < -0.39 is 11.7 Å². The molecule has 0 aromatic heterocycles. The van der Waals surface area contributed by atoms with Gasteiger partial charge in [-0.05, 0) is 24.1 Å². The van der Waals surface area contributed by atoms with Gasteiger partial charge in [-0.1, -0.05) is 23.9 Å². The van der Waals surface area contributed by atoms with E-state index in [1.807, 2.05) is 0 Å². The number of hydrogen-bond donors (Lipinski definition) is 1. The van der Waals surface area contributed by atoms with E-state index >= 15 is 0 Å². The van der Waals surface area contributed by atoms with Crippen LogP contribution in [0.5, 0.6) is 0 Å². The number of benzene rings is 1. The zero-order chi connectivity index (χ0) is 15.2. The minimum absolute atomic E-state index is 0.131. The van der Waals surface area contributed by atoms with Gasteiger partial charge in [0.25, 0.3) is 0 Å². The second-order valence-corrected chi connectivity index (χ2v) is 5.26. The van der Waals surface area contributed by atoms with E-state index in [0.29, 0.717) is 11.3 Å². The van der Waals surface area contributed by atoms with Crippen LogP contribution in [-0.4, -0.2) is 17.7 Å². The number of nitrogens with one attached hydrogen (secondary N) is 1. The van der Waals surface area contributed by atoms with Gasteiger partial charge < -0.3 is 0 Å². The summed E-state index contributed by atoms with van der Waals surface area (Å²) in [6, 6.07) is 3.96. The highest BCUT2D eigenvalue weighted by atomic mass is 32.2. The van der Waals surface area contributed by atoms with Gasteiger partial charge in [0, 0.05) is 5.75 Å². The highest BCUT2D eigenvalue weighted by Gasteiger charge is 2.34. The molecule has 1 N–H and O–H groups in total. The highest BCUT2D eigenvalue weighted by molar-refractivity contribution is 8.13. The van der Waals surface area contributed by atoms with E-state index in [0.717, 1.165) is 17.8 Å². The van der Waals surface area contributed by atoms with E-state index in [4.69, 9.17) is 5.26 Å². The Morgan fingerprint density at radius 3 is 2.60 bits per heavy atom. The lowest BCUT2D eigenvalue weighted by Crippen LogP contribution is -2.14. The molecule has 108 valence electrons. The van der Waals surface area contributed by atoms with Crippen molar-refractivity contribution in [2.75, 3.05) is 12.5 Å². The number of nitriles is 1. The molecule has 0 spiro atoms. The van der Waals surface area contributed by atoms with Gasteiger partial charge in [0.15, 0.2) is 11.4 Å². The molecule has 3 nitrogen and oxygen atoms in total. The van der Waals surface area contributed by atoms with E-state index in [9.17, 15) is 13.2 Å². The molecule has 0 amide bonds. The molecule has 1 aromatic rings. The molecule has 0 unspecified atom stereocenters. The molecule has 1 aromatic carbocycles. The summed E-state index contributed by atoms with van der Waals surface area (Å²) in [5.74, 6) is 0.414. The van der Waals surface area contributed by atoms with Crippen molar-refractivity contribution in [2.24, 2.45) is 4.99 Å². The average Bonchev–Trinajstić information content (AvgIpc) is 2.38. The summed E-state index contributed by atoms with van der Waals surface area (Å²) in [6.45, 7) is 0. The first-order valence-corrected chi connectivity index (χ1v) is 8.01. The van der Waals surface area contributed by atoms with Crippen LogP contribution < -0.4 is 5.32 Å². The van der Waals surface area contributed by atoms with Crippen molar-refractivity contribution in [3.8, 4) is 6.19 Å². The fraction of sp³-hybridized carbons (Fsp3) is 0.333. The van der Waals surface area contributed by atoms with Crippen LogP contribution in [0.4, 0.5) is 18.9 Å². The summed E-state index contributed by atoms with van der Waals surface area (Å²) in [5.41, 5.74) is -0.449.